The minimum absolute atomic E-state index is 0.402. The molecular weight excluding hydrogens is 189 g/mol. The van der Waals surface area contributed by atoms with Gasteiger partial charge < -0.3 is 0 Å². The summed E-state index contributed by atoms with van der Waals surface area (Å²) in [6, 6.07) is 15.1. The number of benzene rings is 1. The molecule has 0 fully saturated rings. The molecule has 0 spiro atoms. The van der Waals surface area contributed by atoms with Crippen LogP contribution in [0.1, 0.15) is 11.3 Å². The Kier molecular flexibility index (Phi) is 3.08. The van der Waals surface area contributed by atoms with E-state index in [1.165, 1.54) is 11.6 Å². The van der Waals surface area contributed by atoms with Crippen molar-refractivity contribution < 1.29 is 4.39 Å². The van der Waals surface area contributed by atoms with Crippen LogP contribution in [-0.4, -0.2) is 4.98 Å². The summed E-state index contributed by atoms with van der Waals surface area (Å²) in [6.45, 7) is 0. The molecule has 2 rings (SSSR count). The van der Waals surface area contributed by atoms with Crippen LogP contribution in [-0.2, 0) is 12.8 Å². The molecule has 0 aliphatic heterocycles. The molecule has 0 unspecified atom stereocenters. The van der Waals surface area contributed by atoms with Crippen LogP contribution in [0.4, 0.5) is 4.39 Å². The van der Waals surface area contributed by atoms with Crippen molar-refractivity contribution in [2.45, 2.75) is 12.8 Å². The zero-order valence-electron chi connectivity index (χ0n) is 8.36. The normalized spacial score (nSPS) is 10.2. The second kappa shape index (κ2) is 4.69. The maximum atomic E-state index is 12.8. The first kappa shape index (κ1) is 9.84. The number of nitrogens with zero attached hydrogens (tertiary/aromatic N) is 1. The summed E-state index contributed by atoms with van der Waals surface area (Å²) >= 11 is 0. The van der Waals surface area contributed by atoms with Crippen molar-refractivity contribution in [1.29, 1.82) is 0 Å². The van der Waals surface area contributed by atoms with E-state index in [-0.39, 0.29) is 0 Å². The van der Waals surface area contributed by atoms with Gasteiger partial charge in [-0.1, -0.05) is 36.4 Å². The number of hydrogen-bond donors (Lipinski definition) is 0. The van der Waals surface area contributed by atoms with E-state index in [2.05, 4.69) is 17.1 Å². The lowest BCUT2D eigenvalue weighted by Crippen LogP contribution is -1.95. The fourth-order valence-corrected chi connectivity index (χ4v) is 1.51. The van der Waals surface area contributed by atoms with Gasteiger partial charge in [-0.15, -0.1) is 0 Å². The molecule has 0 radical (unpaired) electrons. The summed E-state index contributed by atoms with van der Waals surface area (Å²) in [6.07, 6.45) is 1.68. The van der Waals surface area contributed by atoms with Crippen LogP contribution in [0.5, 0.6) is 0 Å². The van der Waals surface area contributed by atoms with E-state index in [0.29, 0.717) is 0 Å². The fraction of sp³-hybridized carbons (Fsp3) is 0.154. The number of rotatable bonds is 3. The molecule has 1 heterocycles. The third-order valence-electron chi connectivity index (χ3n) is 2.29. The molecule has 0 saturated heterocycles. The van der Waals surface area contributed by atoms with E-state index >= 15 is 0 Å². The lowest BCUT2D eigenvalue weighted by Gasteiger charge is -2.00. The molecule has 76 valence electrons. The zero-order chi connectivity index (χ0) is 10.5. The Balaban J connectivity index is 1.99. The van der Waals surface area contributed by atoms with Crippen LogP contribution < -0.4 is 0 Å². The summed E-state index contributed by atoms with van der Waals surface area (Å²) in [4.78, 5) is 3.82. The third kappa shape index (κ3) is 2.88. The molecule has 0 saturated carbocycles. The van der Waals surface area contributed by atoms with Crippen molar-refractivity contribution in [3.05, 3.63) is 65.7 Å². The van der Waals surface area contributed by atoms with Crippen LogP contribution in [0.25, 0.3) is 0 Å². The summed E-state index contributed by atoms with van der Waals surface area (Å²) in [5, 5.41) is 0. The van der Waals surface area contributed by atoms with E-state index in [4.69, 9.17) is 0 Å². The van der Waals surface area contributed by atoms with E-state index in [1.54, 1.807) is 6.07 Å². The topological polar surface area (TPSA) is 12.9 Å². The monoisotopic (exact) mass is 201 g/mol. The Morgan fingerprint density at radius 3 is 2.40 bits per heavy atom. The highest BCUT2D eigenvalue weighted by atomic mass is 19.1. The van der Waals surface area contributed by atoms with Gasteiger partial charge in [0.25, 0.3) is 0 Å². The van der Waals surface area contributed by atoms with Crippen molar-refractivity contribution in [2.75, 3.05) is 0 Å². The average molecular weight is 201 g/mol. The Morgan fingerprint density at radius 1 is 0.867 bits per heavy atom. The quantitative estimate of drug-likeness (QED) is 0.695. The first-order valence-electron chi connectivity index (χ1n) is 5.00. The summed E-state index contributed by atoms with van der Waals surface area (Å²) < 4.78 is 12.8. The minimum atomic E-state index is -0.402. The number of hydrogen-bond acceptors (Lipinski definition) is 1. The Bertz CT molecular complexity index is 426. The molecule has 0 bridgehead atoms. The number of aryl methyl sites for hydroxylation is 2. The van der Waals surface area contributed by atoms with Gasteiger partial charge in [-0.25, -0.2) is 4.98 Å². The standard InChI is InChI=1S/C13H12FN/c14-13-8-4-7-12(15-13)10-9-11-5-2-1-3-6-11/h1-8H,9-10H2. The Labute approximate surface area is 88.6 Å². The van der Waals surface area contributed by atoms with Gasteiger partial charge in [0.05, 0.1) is 0 Å². The van der Waals surface area contributed by atoms with Gasteiger partial charge in [-0.3, -0.25) is 0 Å². The van der Waals surface area contributed by atoms with E-state index in [1.807, 2.05) is 24.3 Å². The molecule has 1 nitrogen and oxygen atoms in total. The highest BCUT2D eigenvalue weighted by Crippen LogP contribution is 2.05. The molecule has 0 N–H and O–H groups in total. The van der Waals surface area contributed by atoms with Gasteiger partial charge in [0.15, 0.2) is 0 Å². The first-order valence-corrected chi connectivity index (χ1v) is 5.00. The maximum Gasteiger partial charge on any atom is 0.213 e. The molecule has 1 aromatic heterocycles. The largest absolute Gasteiger partial charge is 0.225 e. The molecule has 0 aliphatic rings. The van der Waals surface area contributed by atoms with Crippen LogP contribution in [0.3, 0.4) is 0 Å². The van der Waals surface area contributed by atoms with Gasteiger partial charge in [-0.2, -0.15) is 4.39 Å². The number of pyridine rings is 1. The van der Waals surface area contributed by atoms with Crippen molar-refractivity contribution in [1.82, 2.24) is 4.98 Å². The van der Waals surface area contributed by atoms with Gasteiger partial charge >= 0.3 is 0 Å². The van der Waals surface area contributed by atoms with Gasteiger partial charge in [0.1, 0.15) is 0 Å². The molecule has 2 aromatic rings. The van der Waals surface area contributed by atoms with Gasteiger partial charge in [0, 0.05) is 5.69 Å². The molecule has 15 heavy (non-hydrogen) atoms. The molecule has 2 heteroatoms. The SMILES string of the molecule is Fc1cccc(CCc2ccccc2)n1. The summed E-state index contributed by atoms with van der Waals surface area (Å²) in [5.74, 6) is -0.402. The molecule has 0 aliphatic carbocycles. The first-order chi connectivity index (χ1) is 7.34. The number of aromatic nitrogens is 1. The van der Waals surface area contributed by atoms with E-state index < -0.39 is 5.95 Å². The summed E-state index contributed by atoms with van der Waals surface area (Å²) in [7, 11) is 0. The lowest BCUT2D eigenvalue weighted by atomic mass is 10.1. The molecular formula is C13H12FN. The predicted molar refractivity (Wildman–Crippen MR) is 58.0 cm³/mol. The summed E-state index contributed by atoms with van der Waals surface area (Å²) in [5.41, 5.74) is 2.06. The van der Waals surface area contributed by atoms with Gasteiger partial charge in [-0.05, 0) is 30.5 Å². The van der Waals surface area contributed by atoms with Crippen molar-refractivity contribution in [2.24, 2.45) is 0 Å². The lowest BCUT2D eigenvalue weighted by molar-refractivity contribution is 0.576. The zero-order valence-corrected chi connectivity index (χ0v) is 8.36. The van der Waals surface area contributed by atoms with Gasteiger partial charge in [0.2, 0.25) is 5.95 Å². The third-order valence-corrected chi connectivity index (χ3v) is 2.29. The highest BCUT2D eigenvalue weighted by Gasteiger charge is 1.97. The average Bonchev–Trinajstić information content (AvgIpc) is 2.28. The second-order valence-corrected chi connectivity index (χ2v) is 3.44. The second-order valence-electron chi connectivity index (χ2n) is 3.44. The van der Waals surface area contributed by atoms with E-state index in [0.717, 1.165) is 18.5 Å². The molecule has 1 aromatic carbocycles. The van der Waals surface area contributed by atoms with Crippen LogP contribution >= 0.6 is 0 Å². The number of halogens is 1. The van der Waals surface area contributed by atoms with Crippen molar-refractivity contribution in [3.8, 4) is 0 Å². The van der Waals surface area contributed by atoms with Crippen molar-refractivity contribution in [3.63, 3.8) is 0 Å². The smallest absolute Gasteiger partial charge is 0.213 e. The van der Waals surface area contributed by atoms with Crippen LogP contribution in [0.2, 0.25) is 0 Å². The van der Waals surface area contributed by atoms with E-state index in [9.17, 15) is 4.39 Å². The Hall–Kier alpha value is -1.70. The maximum absolute atomic E-state index is 12.8. The Morgan fingerprint density at radius 2 is 1.67 bits per heavy atom. The predicted octanol–water partition coefficient (Wildman–Crippen LogP) is 3.01. The minimum Gasteiger partial charge on any atom is -0.225 e. The van der Waals surface area contributed by atoms with Crippen LogP contribution in [0.15, 0.2) is 48.5 Å². The molecule has 0 atom stereocenters. The van der Waals surface area contributed by atoms with Crippen LogP contribution in [0, 0.1) is 5.95 Å². The fourth-order valence-electron chi connectivity index (χ4n) is 1.51. The van der Waals surface area contributed by atoms with Crippen molar-refractivity contribution >= 4 is 0 Å². The molecule has 0 amide bonds. The highest BCUT2D eigenvalue weighted by molar-refractivity contribution is 5.16.